The van der Waals surface area contributed by atoms with Crippen LogP contribution < -0.4 is 10.5 Å². The molecular formula is C12H14FN3O. The number of ether oxygens (including phenoxy) is 1. The lowest BCUT2D eigenvalue weighted by molar-refractivity contribution is 0.406. The molecule has 0 saturated heterocycles. The van der Waals surface area contributed by atoms with Crippen LogP contribution in [0.25, 0.3) is 0 Å². The van der Waals surface area contributed by atoms with Gasteiger partial charge in [0.05, 0.1) is 20.2 Å². The van der Waals surface area contributed by atoms with E-state index in [1.54, 1.807) is 19.4 Å². The molecule has 1 aromatic carbocycles. The fraction of sp³-hybridized carbons (Fsp3) is 0.250. The number of benzene rings is 1. The van der Waals surface area contributed by atoms with Crippen LogP contribution in [0.5, 0.6) is 5.75 Å². The predicted molar refractivity (Wildman–Crippen MR) is 62.2 cm³/mol. The van der Waals surface area contributed by atoms with Gasteiger partial charge in [-0.2, -0.15) is 0 Å². The zero-order valence-corrected chi connectivity index (χ0v) is 9.56. The number of imidazole rings is 1. The van der Waals surface area contributed by atoms with Crippen molar-refractivity contribution < 1.29 is 9.13 Å². The molecule has 0 aliphatic heterocycles. The summed E-state index contributed by atoms with van der Waals surface area (Å²) >= 11 is 0. The number of halogens is 1. The van der Waals surface area contributed by atoms with Crippen LogP contribution in [0.1, 0.15) is 11.4 Å². The molecule has 1 heterocycles. The number of aromatic nitrogens is 2. The quantitative estimate of drug-likeness (QED) is 0.874. The minimum atomic E-state index is -0.282. The standard InChI is InChI=1S/C12H14FN3O/c1-17-11-3-2-10(13)6-9(11)8-16-5-4-15-12(16)7-14/h2-6H,7-8,14H2,1H3. The molecule has 0 amide bonds. The SMILES string of the molecule is COc1ccc(F)cc1Cn1ccnc1CN. The monoisotopic (exact) mass is 235 g/mol. The maximum absolute atomic E-state index is 13.2. The molecule has 17 heavy (non-hydrogen) atoms. The lowest BCUT2D eigenvalue weighted by atomic mass is 10.2. The van der Waals surface area contributed by atoms with E-state index in [4.69, 9.17) is 10.5 Å². The first-order chi connectivity index (χ1) is 8.24. The highest BCUT2D eigenvalue weighted by Gasteiger charge is 2.07. The highest BCUT2D eigenvalue weighted by Crippen LogP contribution is 2.20. The first kappa shape index (κ1) is 11.6. The van der Waals surface area contributed by atoms with Crippen molar-refractivity contribution >= 4 is 0 Å². The Labute approximate surface area is 98.8 Å². The summed E-state index contributed by atoms with van der Waals surface area (Å²) in [6, 6.07) is 4.45. The van der Waals surface area contributed by atoms with Crippen LogP contribution in [-0.2, 0) is 13.1 Å². The number of rotatable bonds is 4. The summed E-state index contributed by atoms with van der Waals surface area (Å²) in [5, 5.41) is 0. The average molecular weight is 235 g/mol. The number of nitrogens with two attached hydrogens (primary N) is 1. The summed E-state index contributed by atoms with van der Waals surface area (Å²) in [5.41, 5.74) is 6.32. The fourth-order valence-electron chi connectivity index (χ4n) is 1.73. The summed E-state index contributed by atoms with van der Waals surface area (Å²) in [7, 11) is 1.56. The minimum absolute atomic E-state index is 0.282. The first-order valence-corrected chi connectivity index (χ1v) is 5.27. The van der Waals surface area contributed by atoms with E-state index in [-0.39, 0.29) is 5.82 Å². The lowest BCUT2D eigenvalue weighted by Crippen LogP contribution is -2.09. The normalized spacial score (nSPS) is 10.5. The van der Waals surface area contributed by atoms with Gasteiger partial charge >= 0.3 is 0 Å². The van der Waals surface area contributed by atoms with Gasteiger partial charge < -0.3 is 15.0 Å². The van der Waals surface area contributed by atoms with Gasteiger partial charge in [0, 0.05) is 18.0 Å². The van der Waals surface area contributed by atoms with Crippen LogP contribution >= 0.6 is 0 Å². The number of methoxy groups -OCH3 is 1. The molecule has 2 rings (SSSR count). The van der Waals surface area contributed by atoms with Gasteiger partial charge in [0.1, 0.15) is 17.4 Å². The van der Waals surface area contributed by atoms with Crippen LogP contribution in [0.4, 0.5) is 4.39 Å². The second-order valence-electron chi connectivity index (χ2n) is 3.63. The Kier molecular flexibility index (Phi) is 3.39. The smallest absolute Gasteiger partial charge is 0.124 e. The third-order valence-electron chi connectivity index (χ3n) is 2.57. The summed E-state index contributed by atoms with van der Waals surface area (Å²) in [5.74, 6) is 1.13. The van der Waals surface area contributed by atoms with Crippen molar-refractivity contribution in [3.8, 4) is 5.75 Å². The Hall–Kier alpha value is -1.88. The van der Waals surface area contributed by atoms with Gasteiger partial charge in [0.25, 0.3) is 0 Å². The summed E-state index contributed by atoms with van der Waals surface area (Å²) < 4.78 is 20.3. The lowest BCUT2D eigenvalue weighted by Gasteiger charge is -2.10. The maximum Gasteiger partial charge on any atom is 0.124 e. The van der Waals surface area contributed by atoms with Crippen LogP contribution in [-0.4, -0.2) is 16.7 Å². The number of nitrogens with zero attached hydrogens (tertiary/aromatic N) is 2. The molecule has 0 aliphatic rings. The van der Waals surface area contributed by atoms with Crippen molar-refractivity contribution in [2.24, 2.45) is 5.73 Å². The van der Waals surface area contributed by atoms with Crippen molar-refractivity contribution in [2.75, 3.05) is 7.11 Å². The Morgan fingerprint density at radius 2 is 2.29 bits per heavy atom. The van der Waals surface area contributed by atoms with Crippen LogP contribution in [0, 0.1) is 5.82 Å². The van der Waals surface area contributed by atoms with E-state index < -0.39 is 0 Å². The van der Waals surface area contributed by atoms with Gasteiger partial charge in [0.15, 0.2) is 0 Å². The van der Waals surface area contributed by atoms with Gasteiger partial charge in [-0.3, -0.25) is 0 Å². The Morgan fingerprint density at radius 1 is 1.47 bits per heavy atom. The van der Waals surface area contributed by atoms with Crippen LogP contribution in [0.2, 0.25) is 0 Å². The van der Waals surface area contributed by atoms with Gasteiger partial charge in [-0.1, -0.05) is 0 Å². The topological polar surface area (TPSA) is 53.1 Å². The second-order valence-corrected chi connectivity index (χ2v) is 3.63. The van der Waals surface area contributed by atoms with E-state index in [1.807, 2.05) is 10.8 Å². The van der Waals surface area contributed by atoms with Crippen molar-refractivity contribution in [2.45, 2.75) is 13.1 Å². The molecule has 5 heteroatoms. The average Bonchev–Trinajstić information content (AvgIpc) is 2.77. The zero-order valence-electron chi connectivity index (χ0n) is 9.56. The molecular weight excluding hydrogens is 221 g/mol. The number of hydrogen-bond donors (Lipinski definition) is 1. The van der Waals surface area contributed by atoms with Crippen LogP contribution in [0.3, 0.4) is 0 Å². The molecule has 0 atom stereocenters. The summed E-state index contributed by atoms with van der Waals surface area (Å²) in [6.07, 6.45) is 3.49. The molecule has 0 unspecified atom stereocenters. The van der Waals surface area contributed by atoms with Crippen molar-refractivity contribution in [1.29, 1.82) is 0 Å². The molecule has 1 aromatic heterocycles. The molecule has 2 N–H and O–H groups in total. The Morgan fingerprint density at radius 3 is 3.00 bits per heavy atom. The Balaban J connectivity index is 2.32. The van der Waals surface area contributed by atoms with Crippen molar-refractivity contribution in [3.63, 3.8) is 0 Å². The molecule has 2 aromatic rings. The predicted octanol–water partition coefficient (Wildman–Crippen LogP) is 1.54. The minimum Gasteiger partial charge on any atom is -0.496 e. The largest absolute Gasteiger partial charge is 0.496 e. The van der Waals surface area contributed by atoms with E-state index in [0.29, 0.717) is 18.8 Å². The van der Waals surface area contributed by atoms with Gasteiger partial charge in [-0.25, -0.2) is 9.37 Å². The Bertz CT molecular complexity index is 510. The molecule has 0 bridgehead atoms. The fourth-order valence-corrected chi connectivity index (χ4v) is 1.73. The highest BCUT2D eigenvalue weighted by molar-refractivity contribution is 5.34. The van der Waals surface area contributed by atoms with E-state index in [0.717, 1.165) is 11.4 Å². The number of hydrogen-bond acceptors (Lipinski definition) is 3. The second kappa shape index (κ2) is 4.97. The van der Waals surface area contributed by atoms with Crippen molar-refractivity contribution in [3.05, 3.63) is 47.8 Å². The zero-order chi connectivity index (χ0) is 12.3. The van der Waals surface area contributed by atoms with Gasteiger partial charge in [-0.15, -0.1) is 0 Å². The third-order valence-corrected chi connectivity index (χ3v) is 2.57. The van der Waals surface area contributed by atoms with Gasteiger partial charge in [-0.05, 0) is 18.2 Å². The highest BCUT2D eigenvalue weighted by atomic mass is 19.1. The first-order valence-electron chi connectivity index (χ1n) is 5.27. The molecule has 90 valence electrons. The third kappa shape index (κ3) is 2.45. The maximum atomic E-state index is 13.2. The van der Waals surface area contributed by atoms with Crippen LogP contribution in [0.15, 0.2) is 30.6 Å². The molecule has 0 fully saturated rings. The molecule has 4 nitrogen and oxygen atoms in total. The molecule has 0 spiro atoms. The van der Waals surface area contributed by atoms with E-state index in [2.05, 4.69) is 4.98 Å². The van der Waals surface area contributed by atoms with E-state index in [1.165, 1.54) is 12.1 Å². The summed E-state index contributed by atoms with van der Waals surface area (Å²) in [4.78, 5) is 4.11. The molecule has 0 aliphatic carbocycles. The summed E-state index contributed by atoms with van der Waals surface area (Å²) in [6.45, 7) is 0.845. The van der Waals surface area contributed by atoms with E-state index in [9.17, 15) is 4.39 Å². The molecule has 0 radical (unpaired) electrons. The van der Waals surface area contributed by atoms with E-state index >= 15 is 0 Å². The van der Waals surface area contributed by atoms with Crippen molar-refractivity contribution in [1.82, 2.24) is 9.55 Å². The molecule has 0 saturated carbocycles. The van der Waals surface area contributed by atoms with Gasteiger partial charge in [0.2, 0.25) is 0 Å².